The zero-order valence-corrected chi connectivity index (χ0v) is 20.5. The SMILES string of the molecule is Oc1ccc2cccc(-c3c4ccccc4c(-c4ccc5oc6ccccc6c5c4)c4ccccc34)c2c1. The van der Waals surface area contributed by atoms with Gasteiger partial charge in [-0.2, -0.15) is 0 Å². The largest absolute Gasteiger partial charge is 0.508 e. The van der Waals surface area contributed by atoms with Crippen LogP contribution in [0.15, 0.2) is 132 Å². The van der Waals surface area contributed by atoms with Gasteiger partial charge in [0, 0.05) is 10.8 Å². The molecule has 0 unspecified atom stereocenters. The first-order valence-electron chi connectivity index (χ1n) is 12.8. The molecule has 0 bridgehead atoms. The summed E-state index contributed by atoms with van der Waals surface area (Å²) in [5, 5.41) is 19.5. The van der Waals surface area contributed by atoms with Gasteiger partial charge in [-0.05, 0) is 84.9 Å². The predicted octanol–water partition coefficient (Wildman–Crippen LogP) is 10.1. The lowest BCUT2D eigenvalue weighted by Crippen LogP contribution is -1.91. The van der Waals surface area contributed by atoms with Crippen LogP contribution in [0.4, 0.5) is 0 Å². The van der Waals surface area contributed by atoms with Crippen molar-refractivity contribution in [3.63, 3.8) is 0 Å². The zero-order valence-electron chi connectivity index (χ0n) is 20.5. The highest BCUT2D eigenvalue weighted by Crippen LogP contribution is 2.46. The summed E-state index contributed by atoms with van der Waals surface area (Å²) < 4.78 is 6.13. The van der Waals surface area contributed by atoms with E-state index in [1.807, 2.05) is 24.3 Å². The fraction of sp³-hybridized carbons (Fsp3) is 0. The Morgan fingerprint density at radius 2 is 1.05 bits per heavy atom. The van der Waals surface area contributed by atoms with Gasteiger partial charge in [0.15, 0.2) is 0 Å². The lowest BCUT2D eigenvalue weighted by molar-refractivity contribution is 0.476. The van der Waals surface area contributed by atoms with Gasteiger partial charge >= 0.3 is 0 Å². The zero-order chi connectivity index (χ0) is 25.2. The quantitative estimate of drug-likeness (QED) is 0.247. The third-order valence-corrected chi connectivity index (χ3v) is 7.73. The van der Waals surface area contributed by atoms with Crippen LogP contribution in [0.2, 0.25) is 0 Å². The van der Waals surface area contributed by atoms with Gasteiger partial charge in [-0.25, -0.2) is 0 Å². The van der Waals surface area contributed by atoms with Crippen LogP contribution in [-0.4, -0.2) is 5.11 Å². The molecule has 1 N–H and O–H groups in total. The number of hydrogen-bond acceptors (Lipinski definition) is 2. The van der Waals surface area contributed by atoms with Crippen LogP contribution in [0.1, 0.15) is 0 Å². The van der Waals surface area contributed by atoms with Crippen LogP contribution < -0.4 is 0 Å². The van der Waals surface area contributed by atoms with Crippen LogP contribution in [0.5, 0.6) is 5.75 Å². The molecule has 38 heavy (non-hydrogen) atoms. The molecule has 1 aromatic heterocycles. The van der Waals surface area contributed by atoms with Crippen LogP contribution in [-0.2, 0) is 0 Å². The maximum Gasteiger partial charge on any atom is 0.135 e. The number of para-hydroxylation sites is 1. The van der Waals surface area contributed by atoms with Crippen molar-refractivity contribution in [2.24, 2.45) is 0 Å². The van der Waals surface area contributed by atoms with Crippen molar-refractivity contribution in [3.05, 3.63) is 127 Å². The van der Waals surface area contributed by atoms with Gasteiger partial charge in [-0.3, -0.25) is 0 Å². The monoisotopic (exact) mass is 486 g/mol. The molecule has 2 nitrogen and oxygen atoms in total. The second-order valence-corrected chi connectivity index (χ2v) is 9.86. The molecule has 178 valence electrons. The minimum absolute atomic E-state index is 0.274. The highest BCUT2D eigenvalue weighted by atomic mass is 16.3. The molecule has 7 aromatic carbocycles. The number of hydrogen-bond donors (Lipinski definition) is 1. The standard InChI is InChI=1S/C36H22O2/c37-24-18-16-22-8-7-14-30(31(22)21-24)36-28-12-3-1-10-26(28)35(27-11-2-4-13-29(27)36)23-17-19-34-32(20-23)25-9-5-6-15-33(25)38-34/h1-21,37H. The number of phenols is 1. The third-order valence-electron chi connectivity index (χ3n) is 7.73. The topological polar surface area (TPSA) is 33.4 Å². The van der Waals surface area contributed by atoms with E-state index in [2.05, 4.69) is 97.1 Å². The van der Waals surface area contributed by atoms with Crippen LogP contribution >= 0.6 is 0 Å². The first-order valence-corrected chi connectivity index (χ1v) is 12.8. The second kappa shape index (κ2) is 7.96. The fourth-order valence-corrected chi connectivity index (χ4v) is 6.09. The summed E-state index contributed by atoms with van der Waals surface area (Å²) in [6.45, 7) is 0. The molecule has 1 heterocycles. The van der Waals surface area contributed by atoms with Crippen molar-refractivity contribution in [2.75, 3.05) is 0 Å². The van der Waals surface area contributed by atoms with Crippen molar-refractivity contribution in [1.82, 2.24) is 0 Å². The van der Waals surface area contributed by atoms with E-state index >= 15 is 0 Å². The van der Waals surface area contributed by atoms with Crippen LogP contribution in [0, 0.1) is 0 Å². The van der Waals surface area contributed by atoms with Crippen molar-refractivity contribution in [1.29, 1.82) is 0 Å². The number of benzene rings is 7. The molecule has 0 radical (unpaired) electrons. The van der Waals surface area contributed by atoms with E-state index in [-0.39, 0.29) is 5.75 Å². The minimum atomic E-state index is 0.274. The van der Waals surface area contributed by atoms with Gasteiger partial charge in [0.2, 0.25) is 0 Å². The van der Waals surface area contributed by atoms with Gasteiger partial charge < -0.3 is 9.52 Å². The summed E-state index contributed by atoms with van der Waals surface area (Å²) >= 11 is 0. The van der Waals surface area contributed by atoms with E-state index in [1.165, 1.54) is 38.2 Å². The van der Waals surface area contributed by atoms with E-state index in [0.717, 1.165) is 38.3 Å². The average molecular weight is 487 g/mol. The van der Waals surface area contributed by atoms with Crippen molar-refractivity contribution < 1.29 is 9.52 Å². The van der Waals surface area contributed by atoms with Gasteiger partial charge in [0.1, 0.15) is 16.9 Å². The lowest BCUT2D eigenvalue weighted by atomic mass is 9.84. The maximum atomic E-state index is 10.4. The number of aromatic hydroxyl groups is 1. The smallest absolute Gasteiger partial charge is 0.135 e. The number of furan rings is 1. The Kier molecular flexibility index (Phi) is 4.41. The Balaban J connectivity index is 1.52. The number of phenolic OH excluding ortho intramolecular Hbond substituents is 1. The van der Waals surface area contributed by atoms with E-state index in [0.29, 0.717) is 0 Å². The van der Waals surface area contributed by atoms with E-state index in [4.69, 9.17) is 4.42 Å². The molecule has 0 aliphatic heterocycles. The molecular weight excluding hydrogens is 464 g/mol. The number of fused-ring (bicyclic) bond motifs is 6. The summed E-state index contributed by atoms with van der Waals surface area (Å²) in [5.74, 6) is 0.274. The summed E-state index contributed by atoms with van der Waals surface area (Å²) in [5.41, 5.74) is 6.49. The molecule has 0 fully saturated rings. The van der Waals surface area contributed by atoms with Crippen molar-refractivity contribution in [2.45, 2.75) is 0 Å². The second-order valence-electron chi connectivity index (χ2n) is 9.86. The summed E-state index contributed by atoms with van der Waals surface area (Å²) in [7, 11) is 0. The van der Waals surface area contributed by atoms with Crippen molar-refractivity contribution >= 4 is 54.3 Å². The molecule has 0 atom stereocenters. The fourth-order valence-electron chi connectivity index (χ4n) is 6.09. The Morgan fingerprint density at radius 3 is 1.79 bits per heavy atom. The number of rotatable bonds is 2. The Hall–Kier alpha value is -5.08. The van der Waals surface area contributed by atoms with Crippen LogP contribution in [0.25, 0.3) is 76.5 Å². The molecule has 2 heteroatoms. The molecule has 0 saturated heterocycles. The van der Waals surface area contributed by atoms with Gasteiger partial charge in [-0.15, -0.1) is 0 Å². The Morgan fingerprint density at radius 1 is 0.421 bits per heavy atom. The molecule has 0 amide bonds. The summed E-state index contributed by atoms with van der Waals surface area (Å²) in [6, 6.07) is 44.1. The van der Waals surface area contributed by atoms with Gasteiger partial charge in [-0.1, -0.05) is 97.1 Å². The van der Waals surface area contributed by atoms with E-state index in [1.54, 1.807) is 6.07 Å². The molecular formula is C36H22O2. The molecule has 8 aromatic rings. The Bertz CT molecular complexity index is 2140. The van der Waals surface area contributed by atoms with Gasteiger partial charge in [0.05, 0.1) is 0 Å². The lowest BCUT2D eigenvalue weighted by Gasteiger charge is -2.19. The normalized spacial score (nSPS) is 11.8. The summed E-state index contributed by atoms with van der Waals surface area (Å²) in [4.78, 5) is 0. The minimum Gasteiger partial charge on any atom is -0.508 e. The third kappa shape index (κ3) is 3.01. The average Bonchev–Trinajstić information content (AvgIpc) is 3.33. The molecule has 0 spiro atoms. The van der Waals surface area contributed by atoms with E-state index in [9.17, 15) is 5.11 Å². The molecule has 0 aliphatic carbocycles. The summed E-state index contributed by atoms with van der Waals surface area (Å²) in [6.07, 6.45) is 0. The van der Waals surface area contributed by atoms with Gasteiger partial charge in [0.25, 0.3) is 0 Å². The first-order chi connectivity index (χ1) is 18.8. The molecule has 0 aliphatic rings. The van der Waals surface area contributed by atoms with E-state index < -0.39 is 0 Å². The highest BCUT2D eigenvalue weighted by molar-refractivity contribution is 6.24. The van der Waals surface area contributed by atoms with Crippen molar-refractivity contribution in [3.8, 4) is 28.0 Å². The predicted molar refractivity (Wildman–Crippen MR) is 159 cm³/mol. The van der Waals surface area contributed by atoms with Crippen LogP contribution in [0.3, 0.4) is 0 Å². The first kappa shape index (κ1) is 21.0. The molecule has 8 rings (SSSR count). The maximum absolute atomic E-state index is 10.4. The molecule has 0 saturated carbocycles. The highest BCUT2D eigenvalue weighted by Gasteiger charge is 2.18. The Labute approximate surface area is 219 Å².